The Morgan fingerprint density at radius 1 is 1.18 bits per heavy atom. The summed E-state index contributed by atoms with van der Waals surface area (Å²) in [5, 5.41) is 0. The topological polar surface area (TPSA) is 46.3 Å². The second-order valence-electron chi connectivity index (χ2n) is 4.46. The summed E-state index contributed by atoms with van der Waals surface area (Å²) in [6.45, 7) is 7.99. The minimum atomic E-state index is 0.0871. The van der Waals surface area contributed by atoms with E-state index in [0.717, 1.165) is 29.7 Å². The van der Waals surface area contributed by atoms with Crippen LogP contribution in [0.2, 0.25) is 0 Å². The fourth-order valence-electron chi connectivity index (χ4n) is 2.02. The van der Waals surface area contributed by atoms with E-state index >= 15 is 0 Å². The van der Waals surface area contributed by atoms with E-state index in [1.54, 1.807) is 0 Å². The quantitative estimate of drug-likeness (QED) is 0.848. The fourth-order valence-corrected chi connectivity index (χ4v) is 2.02. The van der Waals surface area contributed by atoms with Crippen LogP contribution >= 0.6 is 0 Å². The van der Waals surface area contributed by atoms with Crippen LogP contribution in [0, 0.1) is 13.8 Å². The van der Waals surface area contributed by atoms with Gasteiger partial charge in [0.15, 0.2) is 0 Å². The molecule has 94 valence electrons. The summed E-state index contributed by atoms with van der Waals surface area (Å²) in [4.78, 5) is 14.1. The Labute approximate surface area is 104 Å². The van der Waals surface area contributed by atoms with E-state index in [1.165, 1.54) is 0 Å². The molecule has 0 fully saturated rings. The van der Waals surface area contributed by atoms with Gasteiger partial charge in [-0.15, -0.1) is 0 Å². The highest BCUT2D eigenvalue weighted by molar-refractivity contribution is 5.94. The Kier molecular flexibility index (Phi) is 5.16. The lowest BCUT2D eigenvalue weighted by Crippen LogP contribution is -2.36. The number of aryl methyl sites for hydroxylation is 2. The molecule has 1 rings (SSSR count). The molecule has 0 saturated heterocycles. The first-order chi connectivity index (χ1) is 8.08. The molecule has 0 unspecified atom stereocenters. The first-order valence-electron chi connectivity index (χ1n) is 6.16. The van der Waals surface area contributed by atoms with Gasteiger partial charge in [0, 0.05) is 25.2 Å². The molecule has 3 heteroatoms. The maximum atomic E-state index is 12.3. The SMILES string of the molecule is CCCN(CCN)C(=O)c1cc(C)cc(C)c1. The van der Waals surface area contributed by atoms with Crippen molar-refractivity contribution in [3.8, 4) is 0 Å². The van der Waals surface area contributed by atoms with Crippen molar-refractivity contribution in [1.82, 2.24) is 4.90 Å². The number of hydrogen-bond donors (Lipinski definition) is 1. The third-order valence-electron chi connectivity index (χ3n) is 2.65. The van der Waals surface area contributed by atoms with Crippen molar-refractivity contribution in [2.24, 2.45) is 5.73 Å². The summed E-state index contributed by atoms with van der Waals surface area (Å²) in [6.07, 6.45) is 0.955. The molecule has 1 aromatic rings. The molecule has 0 aliphatic rings. The predicted octanol–water partition coefficient (Wildman–Crippen LogP) is 2.11. The molecule has 1 aromatic carbocycles. The molecule has 3 nitrogen and oxygen atoms in total. The van der Waals surface area contributed by atoms with Crippen LogP contribution in [-0.2, 0) is 0 Å². The minimum Gasteiger partial charge on any atom is -0.337 e. The highest BCUT2D eigenvalue weighted by Crippen LogP contribution is 2.11. The summed E-state index contributed by atoms with van der Waals surface area (Å²) >= 11 is 0. The minimum absolute atomic E-state index is 0.0871. The second-order valence-corrected chi connectivity index (χ2v) is 4.46. The molecule has 1 amide bonds. The molecule has 0 atom stereocenters. The van der Waals surface area contributed by atoms with Crippen molar-refractivity contribution in [2.45, 2.75) is 27.2 Å². The van der Waals surface area contributed by atoms with E-state index in [9.17, 15) is 4.79 Å². The Balaban J connectivity index is 2.92. The number of benzene rings is 1. The van der Waals surface area contributed by atoms with Crippen molar-refractivity contribution in [3.63, 3.8) is 0 Å². The molecule has 0 bridgehead atoms. The molecule has 0 aliphatic heterocycles. The van der Waals surface area contributed by atoms with Gasteiger partial charge in [-0.2, -0.15) is 0 Å². The molecule has 0 aromatic heterocycles. The third kappa shape index (κ3) is 3.86. The van der Waals surface area contributed by atoms with Gasteiger partial charge in [0.25, 0.3) is 5.91 Å². The normalized spacial score (nSPS) is 10.4. The highest BCUT2D eigenvalue weighted by Gasteiger charge is 2.14. The van der Waals surface area contributed by atoms with E-state index in [2.05, 4.69) is 13.0 Å². The first-order valence-corrected chi connectivity index (χ1v) is 6.16. The van der Waals surface area contributed by atoms with E-state index in [1.807, 2.05) is 30.9 Å². The van der Waals surface area contributed by atoms with Crippen molar-refractivity contribution in [2.75, 3.05) is 19.6 Å². The Morgan fingerprint density at radius 3 is 2.24 bits per heavy atom. The van der Waals surface area contributed by atoms with Gasteiger partial charge in [-0.05, 0) is 32.4 Å². The molecular weight excluding hydrogens is 212 g/mol. The smallest absolute Gasteiger partial charge is 0.253 e. The summed E-state index contributed by atoms with van der Waals surface area (Å²) in [6, 6.07) is 5.95. The third-order valence-corrected chi connectivity index (χ3v) is 2.65. The Bertz CT molecular complexity index is 362. The van der Waals surface area contributed by atoms with Gasteiger partial charge in [-0.1, -0.05) is 24.1 Å². The number of nitrogens with zero attached hydrogens (tertiary/aromatic N) is 1. The number of hydrogen-bond acceptors (Lipinski definition) is 2. The van der Waals surface area contributed by atoms with E-state index in [4.69, 9.17) is 5.73 Å². The van der Waals surface area contributed by atoms with E-state index in [0.29, 0.717) is 13.1 Å². The average molecular weight is 234 g/mol. The zero-order chi connectivity index (χ0) is 12.8. The first kappa shape index (κ1) is 13.7. The van der Waals surface area contributed by atoms with Crippen LogP contribution in [0.1, 0.15) is 34.8 Å². The van der Waals surface area contributed by atoms with Crippen LogP contribution in [0.4, 0.5) is 0 Å². The standard InChI is InChI=1S/C14H22N2O/c1-4-6-16(7-5-15)14(17)13-9-11(2)8-12(3)10-13/h8-10H,4-7,15H2,1-3H3. The van der Waals surface area contributed by atoms with Crippen LogP contribution < -0.4 is 5.73 Å². The molecule has 0 spiro atoms. The van der Waals surface area contributed by atoms with Crippen molar-refractivity contribution < 1.29 is 4.79 Å². The van der Waals surface area contributed by atoms with Gasteiger partial charge in [0.2, 0.25) is 0 Å². The fraction of sp³-hybridized carbons (Fsp3) is 0.500. The number of nitrogens with two attached hydrogens (primary N) is 1. The lowest BCUT2D eigenvalue weighted by molar-refractivity contribution is 0.0760. The van der Waals surface area contributed by atoms with Crippen LogP contribution in [0.25, 0.3) is 0 Å². The van der Waals surface area contributed by atoms with E-state index in [-0.39, 0.29) is 5.91 Å². The molecule has 2 N–H and O–H groups in total. The van der Waals surface area contributed by atoms with Gasteiger partial charge in [-0.25, -0.2) is 0 Å². The molecule has 0 aliphatic carbocycles. The van der Waals surface area contributed by atoms with Crippen molar-refractivity contribution in [1.29, 1.82) is 0 Å². The van der Waals surface area contributed by atoms with Gasteiger partial charge in [0.05, 0.1) is 0 Å². The molecule has 0 radical (unpaired) electrons. The molecule has 17 heavy (non-hydrogen) atoms. The lowest BCUT2D eigenvalue weighted by atomic mass is 10.1. The Hall–Kier alpha value is -1.35. The number of amides is 1. The van der Waals surface area contributed by atoms with Crippen LogP contribution in [0.5, 0.6) is 0 Å². The van der Waals surface area contributed by atoms with Gasteiger partial charge in [0.1, 0.15) is 0 Å². The van der Waals surface area contributed by atoms with E-state index < -0.39 is 0 Å². The highest BCUT2D eigenvalue weighted by atomic mass is 16.2. The summed E-state index contributed by atoms with van der Waals surface area (Å²) < 4.78 is 0. The van der Waals surface area contributed by atoms with Crippen molar-refractivity contribution >= 4 is 5.91 Å². The Morgan fingerprint density at radius 2 is 1.76 bits per heavy atom. The molecule has 0 heterocycles. The number of rotatable bonds is 5. The van der Waals surface area contributed by atoms with Crippen molar-refractivity contribution in [3.05, 3.63) is 34.9 Å². The number of carbonyl (C=O) groups excluding carboxylic acids is 1. The summed E-state index contributed by atoms with van der Waals surface area (Å²) in [7, 11) is 0. The largest absolute Gasteiger partial charge is 0.337 e. The maximum Gasteiger partial charge on any atom is 0.253 e. The van der Waals surface area contributed by atoms with Crippen LogP contribution in [0.15, 0.2) is 18.2 Å². The maximum absolute atomic E-state index is 12.3. The molecule has 0 saturated carbocycles. The molecular formula is C14H22N2O. The van der Waals surface area contributed by atoms with Gasteiger partial charge in [-0.3, -0.25) is 4.79 Å². The van der Waals surface area contributed by atoms with Gasteiger partial charge < -0.3 is 10.6 Å². The monoisotopic (exact) mass is 234 g/mol. The number of carbonyl (C=O) groups is 1. The second kappa shape index (κ2) is 6.40. The van der Waals surface area contributed by atoms with Crippen LogP contribution in [0.3, 0.4) is 0 Å². The van der Waals surface area contributed by atoms with Crippen LogP contribution in [-0.4, -0.2) is 30.4 Å². The average Bonchev–Trinajstić information content (AvgIpc) is 2.26. The van der Waals surface area contributed by atoms with Gasteiger partial charge >= 0.3 is 0 Å². The lowest BCUT2D eigenvalue weighted by Gasteiger charge is -2.21. The predicted molar refractivity (Wildman–Crippen MR) is 71.2 cm³/mol. The summed E-state index contributed by atoms with van der Waals surface area (Å²) in [5.74, 6) is 0.0871. The zero-order valence-corrected chi connectivity index (χ0v) is 11.0. The zero-order valence-electron chi connectivity index (χ0n) is 11.0. The summed E-state index contributed by atoms with van der Waals surface area (Å²) in [5.41, 5.74) is 8.55.